The van der Waals surface area contributed by atoms with Gasteiger partial charge in [-0.1, -0.05) is 37.1 Å². The van der Waals surface area contributed by atoms with Crippen LogP contribution in [-0.4, -0.2) is 30.9 Å². The van der Waals surface area contributed by atoms with Crippen molar-refractivity contribution in [3.63, 3.8) is 0 Å². The van der Waals surface area contributed by atoms with Crippen molar-refractivity contribution >= 4 is 29.1 Å². The van der Waals surface area contributed by atoms with Gasteiger partial charge in [0.15, 0.2) is 0 Å². The second kappa shape index (κ2) is 10.3. The van der Waals surface area contributed by atoms with E-state index in [1.165, 1.54) is 0 Å². The highest BCUT2D eigenvalue weighted by atomic mass is 16.5. The second-order valence-corrected chi connectivity index (χ2v) is 8.31. The first-order valence-corrected chi connectivity index (χ1v) is 11.3. The minimum Gasteiger partial charge on any atom is -0.490 e. The number of carbonyl (C=O) groups is 3. The van der Waals surface area contributed by atoms with E-state index in [2.05, 4.69) is 10.6 Å². The van der Waals surface area contributed by atoms with Crippen molar-refractivity contribution < 1.29 is 19.1 Å². The quantitative estimate of drug-likeness (QED) is 0.695. The molecule has 2 aliphatic rings. The number of nitrogens with zero attached hydrogens (tertiary/aromatic N) is 1. The molecule has 1 heterocycles. The molecule has 7 nitrogen and oxygen atoms in total. The van der Waals surface area contributed by atoms with E-state index in [9.17, 15) is 14.4 Å². The Morgan fingerprint density at radius 1 is 1.00 bits per heavy atom. The van der Waals surface area contributed by atoms with Gasteiger partial charge in [0.2, 0.25) is 17.7 Å². The first-order valence-electron chi connectivity index (χ1n) is 11.3. The molecule has 0 radical (unpaired) electrons. The summed E-state index contributed by atoms with van der Waals surface area (Å²) in [6.07, 6.45) is 4.40. The van der Waals surface area contributed by atoms with Gasteiger partial charge in [0, 0.05) is 31.0 Å². The van der Waals surface area contributed by atoms with Crippen LogP contribution in [0.15, 0.2) is 48.5 Å². The van der Waals surface area contributed by atoms with Gasteiger partial charge in [-0.3, -0.25) is 14.4 Å². The van der Waals surface area contributed by atoms with Gasteiger partial charge in [0.1, 0.15) is 12.4 Å². The fourth-order valence-corrected chi connectivity index (χ4v) is 4.26. The Morgan fingerprint density at radius 3 is 2.66 bits per heavy atom. The van der Waals surface area contributed by atoms with Crippen LogP contribution in [0.3, 0.4) is 0 Å². The lowest BCUT2D eigenvalue weighted by molar-refractivity contribution is -0.125. The lowest BCUT2D eigenvalue weighted by Crippen LogP contribution is -2.38. The Bertz CT molecular complexity index is 985. The highest BCUT2D eigenvalue weighted by molar-refractivity contribution is 5.97. The molecule has 1 fully saturated rings. The summed E-state index contributed by atoms with van der Waals surface area (Å²) in [6.45, 7) is 1.28. The molecule has 0 aromatic heterocycles. The third-order valence-corrected chi connectivity index (χ3v) is 6.01. The van der Waals surface area contributed by atoms with E-state index in [1.54, 1.807) is 4.90 Å². The number of para-hydroxylation sites is 2. The zero-order valence-corrected chi connectivity index (χ0v) is 18.1. The van der Waals surface area contributed by atoms with Gasteiger partial charge < -0.3 is 20.3 Å². The van der Waals surface area contributed by atoms with Gasteiger partial charge in [0.25, 0.3) is 0 Å². The summed E-state index contributed by atoms with van der Waals surface area (Å²) in [5.41, 5.74) is 2.39. The number of rotatable bonds is 7. The smallest absolute Gasteiger partial charge is 0.227 e. The van der Waals surface area contributed by atoms with Crippen LogP contribution in [0, 0.1) is 5.92 Å². The average molecular weight is 436 g/mol. The van der Waals surface area contributed by atoms with E-state index in [0.29, 0.717) is 25.4 Å². The van der Waals surface area contributed by atoms with Gasteiger partial charge in [-0.15, -0.1) is 0 Å². The minimum atomic E-state index is -0.180. The van der Waals surface area contributed by atoms with Gasteiger partial charge in [0.05, 0.1) is 12.2 Å². The summed E-state index contributed by atoms with van der Waals surface area (Å²) in [5, 5.41) is 5.85. The molecule has 32 heavy (non-hydrogen) atoms. The standard InChI is InChI=1S/C25H29N3O4/c29-23(12-13-24(30)28-14-15-32-22-11-4-3-10-21(22)28)26-17-18-6-5-9-20(16-18)27-25(31)19-7-1-2-8-19/h3-6,9-11,16,19H,1-2,7-8,12-15,17H2,(H,26,29)(H,27,31). The molecule has 1 saturated carbocycles. The van der Waals surface area contributed by atoms with E-state index < -0.39 is 0 Å². The predicted octanol–water partition coefficient (Wildman–Crippen LogP) is 3.64. The molecule has 0 bridgehead atoms. The van der Waals surface area contributed by atoms with E-state index in [0.717, 1.165) is 42.6 Å². The Kier molecular flexibility index (Phi) is 7.04. The molecule has 1 aliphatic heterocycles. The van der Waals surface area contributed by atoms with Crippen LogP contribution in [0.1, 0.15) is 44.1 Å². The zero-order valence-electron chi connectivity index (χ0n) is 18.1. The summed E-state index contributed by atoms with van der Waals surface area (Å²) < 4.78 is 5.58. The summed E-state index contributed by atoms with van der Waals surface area (Å²) in [6, 6.07) is 14.9. The van der Waals surface area contributed by atoms with Crippen LogP contribution in [0.5, 0.6) is 5.75 Å². The second-order valence-electron chi connectivity index (χ2n) is 8.31. The first kappa shape index (κ1) is 21.9. The average Bonchev–Trinajstić information content (AvgIpc) is 3.36. The Balaban J connectivity index is 1.24. The normalized spacial score (nSPS) is 15.6. The maximum Gasteiger partial charge on any atom is 0.227 e. The molecule has 0 spiro atoms. The summed E-state index contributed by atoms with van der Waals surface area (Å²) in [7, 11) is 0. The molecule has 1 aliphatic carbocycles. The lowest BCUT2D eigenvalue weighted by atomic mass is 10.1. The van der Waals surface area contributed by atoms with Crippen LogP contribution in [0.2, 0.25) is 0 Å². The molecule has 2 aromatic rings. The third kappa shape index (κ3) is 5.46. The summed E-state index contributed by atoms with van der Waals surface area (Å²) in [5.74, 6) is 0.602. The Hall–Kier alpha value is -3.35. The highest BCUT2D eigenvalue weighted by Gasteiger charge is 2.24. The molecule has 0 saturated heterocycles. The van der Waals surface area contributed by atoms with Gasteiger partial charge >= 0.3 is 0 Å². The van der Waals surface area contributed by atoms with Gasteiger partial charge in [-0.25, -0.2) is 0 Å². The van der Waals surface area contributed by atoms with Crippen molar-refractivity contribution in [2.24, 2.45) is 5.92 Å². The summed E-state index contributed by atoms with van der Waals surface area (Å²) >= 11 is 0. The number of nitrogens with one attached hydrogen (secondary N) is 2. The number of hydrogen-bond acceptors (Lipinski definition) is 4. The van der Waals surface area contributed by atoms with Crippen molar-refractivity contribution in [1.29, 1.82) is 0 Å². The number of amides is 3. The van der Waals surface area contributed by atoms with Crippen LogP contribution in [0.4, 0.5) is 11.4 Å². The number of carbonyl (C=O) groups excluding carboxylic acids is 3. The lowest BCUT2D eigenvalue weighted by Gasteiger charge is -2.29. The molecule has 0 unspecified atom stereocenters. The molecular weight excluding hydrogens is 406 g/mol. The Morgan fingerprint density at radius 2 is 1.81 bits per heavy atom. The highest BCUT2D eigenvalue weighted by Crippen LogP contribution is 2.31. The van der Waals surface area contributed by atoms with E-state index >= 15 is 0 Å². The van der Waals surface area contributed by atoms with Crippen molar-refractivity contribution in [2.45, 2.75) is 45.1 Å². The largest absolute Gasteiger partial charge is 0.490 e. The first-order chi connectivity index (χ1) is 15.6. The molecule has 3 amide bonds. The third-order valence-electron chi connectivity index (χ3n) is 6.01. The van der Waals surface area contributed by atoms with Crippen LogP contribution < -0.4 is 20.3 Å². The topological polar surface area (TPSA) is 87.7 Å². The number of hydrogen-bond donors (Lipinski definition) is 2. The predicted molar refractivity (Wildman–Crippen MR) is 122 cm³/mol. The zero-order chi connectivity index (χ0) is 22.3. The maximum atomic E-state index is 12.6. The van der Waals surface area contributed by atoms with Crippen LogP contribution >= 0.6 is 0 Å². The molecule has 2 N–H and O–H groups in total. The van der Waals surface area contributed by atoms with Gasteiger partial charge in [-0.05, 0) is 42.7 Å². The SMILES string of the molecule is O=C(CCC(=O)N1CCOc2ccccc21)NCc1cccc(NC(=O)C2CCCC2)c1. The van der Waals surface area contributed by atoms with Crippen molar-refractivity contribution in [3.05, 3.63) is 54.1 Å². The summed E-state index contributed by atoms with van der Waals surface area (Å²) in [4.78, 5) is 39.0. The molecule has 168 valence electrons. The van der Waals surface area contributed by atoms with Crippen LogP contribution in [-0.2, 0) is 20.9 Å². The molecule has 0 atom stereocenters. The monoisotopic (exact) mass is 435 g/mol. The number of anilines is 2. The van der Waals surface area contributed by atoms with E-state index in [-0.39, 0.29) is 36.5 Å². The van der Waals surface area contributed by atoms with Crippen molar-refractivity contribution in [3.8, 4) is 5.75 Å². The molecule has 2 aromatic carbocycles. The van der Waals surface area contributed by atoms with Crippen molar-refractivity contribution in [1.82, 2.24) is 5.32 Å². The molecular formula is C25H29N3O4. The minimum absolute atomic E-state index is 0.0758. The number of ether oxygens (including phenoxy) is 1. The number of benzene rings is 2. The van der Waals surface area contributed by atoms with Gasteiger partial charge in [-0.2, -0.15) is 0 Å². The fourth-order valence-electron chi connectivity index (χ4n) is 4.26. The maximum absolute atomic E-state index is 12.6. The van der Waals surface area contributed by atoms with E-state index in [4.69, 9.17) is 4.74 Å². The van der Waals surface area contributed by atoms with Crippen molar-refractivity contribution in [2.75, 3.05) is 23.4 Å². The fraction of sp³-hybridized carbons (Fsp3) is 0.400. The molecule has 4 rings (SSSR count). The van der Waals surface area contributed by atoms with Crippen LogP contribution in [0.25, 0.3) is 0 Å². The Labute approximate surface area is 188 Å². The number of fused-ring (bicyclic) bond motifs is 1. The molecule has 7 heteroatoms. The van der Waals surface area contributed by atoms with E-state index in [1.807, 2.05) is 48.5 Å².